The van der Waals surface area contributed by atoms with E-state index in [0.29, 0.717) is 0 Å². The van der Waals surface area contributed by atoms with Crippen molar-refractivity contribution in [3.63, 3.8) is 0 Å². The molecule has 0 radical (unpaired) electrons. The van der Waals surface area contributed by atoms with Gasteiger partial charge in [0.15, 0.2) is 0 Å². The second kappa shape index (κ2) is 5.77. The summed E-state index contributed by atoms with van der Waals surface area (Å²) in [6, 6.07) is 14.0. The fourth-order valence-corrected chi connectivity index (χ4v) is 2.86. The summed E-state index contributed by atoms with van der Waals surface area (Å²) in [5.41, 5.74) is 1.87. The topological polar surface area (TPSA) is 72.6 Å². The average Bonchev–Trinajstić information content (AvgIpc) is 3.35. The first kappa shape index (κ1) is 14.5. The summed E-state index contributed by atoms with van der Waals surface area (Å²) in [5, 5.41) is 21.3. The van der Waals surface area contributed by atoms with E-state index >= 15 is 0 Å². The Morgan fingerprint density at radius 1 is 1.27 bits per heavy atom. The van der Waals surface area contributed by atoms with Gasteiger partial charge in [-0.2, -0.15) is 0 Å². The summed E-state index contributed by atoms with van der Waals surface area (Å²) >= 11 is 0. The van der Waals surface area contributed by atoms with Crippen LogP contribution in [0.15, 0.2) is 48.5 Å². The second-order valence-electron chi connectivity index (χ2n) is 5.58. The van der Waals surface area contributed by atoms with Crippen LogP contribution in [-0.4, -0.2) is 17.1 Å². The van der Waals surface area contributed by atoms with Gasteiger partial charge in [-0.3, -0.25) is 10.1 Å². The first-order valence-corrected chi connectivity index (χ1v) is 7.16. The molecule has 0 bridgehead atoms. The normalized spacial score (nSPS) is 21.2. The molecule has 5 heteroatoms. The van der Waals surface area contributed by atoms with Crippen LogP contribution in [0.4, 0.5) is 5.69 Å². The Bertz CT molecular complexity index is 683. The van der Waals surface area contributed by atoms with Gasteiger partial charge in [0.25, 0.3) is 5.69 Å². The molecule has 0 saturated heterocycles. The molecule has 1 aliphatic carbocycles. The van der Waals surface area contributed by atoms with E-state index in [1.807, 2.05) is 30.3 Å². The third kappa shape index (κ3) is 2.80. The first-order valence-electron chi connectivity index (χ1n) is 7.16. The zero-order chi connectivity index (χ0) is 15.7. The van der Waals surface area contributed by atoms with E-state index in [-0.39, 0.29) is 22.4 Å². The highest BCUT2D eigenvalue weighted by atomic mass is 16.6. The van der Waals surface area contributed by atoms with Crippen molar-refractivity contribution >= 4 is 5.69 Å². The Labute approximate surface area is 128 Å². The van der Waals surface area contributed by atoms with Gasteiger partial charge in [-0.05, 0) is 41.5 Å². The van der Waals surface area contributed by atoms with Gasteiger partial charge in [-0.1, -0.05) is 24.3 Å². The van der Waals surface area contributed by atoms with Crippen LogP contribution < -0.4 is 4.74 Å². The van der Waals surface area contributed by atoms with Gasteiger partial charge in [0.05, 0.1) is 18.1 Å². The van der Waals surface area contributed by atoms with E-state index in [2.05, 4.69) is 0 Å². The van der Waals surface area contributed by atoms with Gasteiger partial charge >= 0.3 is 0 Å². The molecule has 0 aromatic heterocycles. The fourth-order valence-electron chi connectivity index (χ4n) is 2.86. The van der Waals surface area contributed by atoms with Crippen LogP contribution in [0, 0.1) is 16.0 Å². The van der Waals surface area contributed by atoms with Crippen LogP contribution in [0.5, 0.6) is 5.75 Å². The third-order valence-corrected chi connectivity index (χ3v) is 4.21. The van der Waals surface area contributed by atoms with Crippen molar-refractivity contribution in [2.45, 2.75) is 18.4 Å². The summed E-state index contributed by atoms with van der Waals surface area (Å²) in [6.45, 7) is 0. The Balaban J connectivity index is 1.73. The molecule has 0 heterocycles. The number of rotatable bonds is 5. The van der Waals surface area contributed by atoms with Gasteiger partial charge in [-0.15, -0.1) is 0 Å². The number of ether oxygens (including phenoxy) is 1. The van der Waals surface area contributed by atoms with E-state index < -0.39 is 6.10 Å². The lowest BCUT2D eigenvalue weighted by Gasteiger charge is -2.11. The molecule has 0 spiro atoms. The number of hydrogen-bond donors (Lipinski definition) is 1. The molecule has 3 rings (SSSR count). The summed E-state index contributed by atoms with van der Waals surface area (Å²) in [4.78, 5) is 10.4. The van der Waals surface area contributed by atoms with Crippen molar-refractivity contribution in [2.75, 3.05) is 7.11 Å². The minimum Gasteiger partial charge on any atom is -0.497 e. The summed E-state index contributed by atoms with van der Waals surface area (Å²) in [7, 11) is 1.60. The number of nitro groups is 1. The molecule has 22 heavy (non-hydrogen) atoms. The van der Waals surface area contributed by atoms with Gasteiger partial charge in [0.1, 0.15) is 5.75 Å². The van der Waals surface area contributed by atoms with Crippen molar-refractivity contribution in [1.82, 2.24) is 0 Å². The molecular formula is C17H17NO4. The summed E-state index contributed by atoms with van der Waals surface area (Å²) in [5.74, 6) is 1.04. The van der Waals surface area contributed by atoms with E-state index in [1.165, 1.54) is 6.07 Å². The maximum atomic E-state index is 10.8. The Kier molecular flexibility index (Phi) is 3.81. The zero-order valence-electron chi connectivity index (χ0n) is 12.2. The van der Waals surface area contributed by atoms with Crippen LogP contribution in [-0.2, 0) is 0 Å². The first-order chi connectivity index (χ1) is 10.6. The lowest BCUT2D eigenvalue weighted by atomic mass is 10.0. The predicted molar refractivity (Wildman–Crippen MR) is 81.9 cm³/mol. The van der Waals surface area contributed by atoms with Crippen molar-refractivity contribution in [3.8, 4) is 5.75 Å². The van der Waals surface area contributed by atoms with E-state index in [4.69, 9.17) is 4.74 Å². The van der Waals surface area contributed by atoms with Crippen molar-refractivity contribution in [2.24, 2.45) is 5.92 Å². The molecule has 2 aromatic rings. The molecule has 3 unspecified atom stereocenters. The molecule has 3 atom stereocenters. The number of nitrogens with zero attached hydrogens (tertiary/aromatic N) is 1. The lowest BCUT2D eigenvalue weighted by molar-refractivity contribution is -0.384. The van der Waals surface area contributed by atoms with Crippen LogP contribution >= 0.6 is 0 Å². The van der Waals surface area contributed by atoms with Gasteiger partial charge in [-0.25, -0.2) is 0 Å². The third-order valence-electron chi connectivity index (χ3n) is 4.21. The molecule has 2 aromatic carbocycles. The fraction of sp³-hybridized carbons (Fsp3) is 0.294. The zero-order valence-corrected chi connectivity index (χ0v) is 12.2. The van der Waals surface area contributed by atoms with Crippen molar-refractivity contribution < 1.29 is 14.8 Å². The number of non-ortho nitro benzene ring substituents is 1. The van der Waals surface area contributed by atoms with Gasteiger partial charge < -0.3 is 9.84 Å². The van der Waals surface area contributed by atoms with Gasteiger partial charge in [0, 0.05) is 12.1 Å². The average molecular weight is 299 g/mol. The minimum atomic E-state index is -0.560. The molecule has 0 amide bonds. The van der Waals surface area contributed by atoms with Crippen LogP contribution in [0.1, 0.15) is 29.6 Å². The largest absolute Gasteiger partial charge is 0.497 e. The maximum absolute atomic E-state index is 10.8. The van der Waals surface area contributed by atoms with E-state index in [1.54, 1.807) is 19.2 Å². The number of methoxy groups -OCH3 is 1. The molecule has 114 valence electrons. The number of benzene rings is 2. The van der Waals surface area contributed by atoms with Crippen LogP contribution in [0.2, 0.25) is 0 Å². The molecule has 5 nitrogen and oxygen atoms in total. The molecule has 1 aliphatic rings. The highest BCUT2D eigenvalue weighted by Gasteiger charge is 2.44. The minimum absolute atomic E-state index is 0.0992. The van der Waals surface area contributed by atoms with E-state index in [0.717, 1.165) is 23.3 Å². The SMILES string of the molecule is COc1ccc(C(O)C2CC2c2cccc([N+](=O)[O-])c2)cc1. The molecule has 0 aliphatic heterocycles. The number of aliphatic hydroxyl groups excluding tert-OH is 1. The molecule has 1 N–H and O–H groups in total. The summed E-state index contributed by atoms with van der Waals surface area (Å²) < 4.78 is 5.11. The van der Waals surface area contributed by atoms with Gasteiger partial charge in [0.2, 0.25) is 0 Å². The molecule has 1 saturated carbocycles. The number of hydrogen-bond acceptors (Lipinski definition) is 4. The highest BCUT2D eigenvalue weighted by Crippen LogP contribution is 2.54. The lowest BCUT2D eigenvalue weighted by Crippen LogP contribution is -2.01. The van der Waals surface area contributed by atoms with Crippen LogP contribution in [0.25, 0.3) is 0 Å². The number of nitro benzene ring substituents is 1. The quantitative estimate of drug-likeness (QED) is 0.678. The Morgan fingerprint density at radius 2 is 2.00 bits per heavy atom. The standard InChI is InChI=1S/C17H17NO4/c1-22-14-7-5-11(6-8-14)17(19)16-10-15(16)12-3-2-4-13(9-12)18(20)21/h2-9,15-17,19H,10H2,1H3. The smallest absolute Gasteiger partial charge is 0.269 e. The van der Waals surface area contributed by atoms with E-state index in [9.17, 15) is 15.2 Å². The maximum Gasteiger partial charge on any atom is 0.269 e. The predicted octanol–water partition coefficient (Wildman–Crippen LogP) is 3.44. The van der Waals surface area contributed by atoms with Crippen molar-refractivity contribution in [1.29, 1.82) is 0 Å². The summed E-state index contributed by atoms with van der Waals surface area (Å²) in [6.07, 6.45) is 0.282. The monoisotopic (exact) mass is 299 g/mol. The highest BCUT2D eigenvalue weighted by molar-refractivity contribution is 5.39. The van der Waals surface area contributed by atoms with Crippen molar-refractivity contribution in [3.05, 3.63) is 69.8 Å². The Hall–Kier alpha value is -2.40. The molecule has 1 fully saturated rings. The second-order valence-corrected chi connectivity index (χ2v) is 5.58. The molecular weight excluding hydrogens is 282 g/mol. The Morgan fingerprint density at radius 3 is 2.64 bits per heavy atom. The number of aliphatic hydroxyl groups is 1. The van der Waals surface area contributed by atoms with Crippen LogP contribution in [0.3, 0.4) is 0 Å².